The largest absolute Gasteiger partial charge is 0.571 e. The Hall–Kier alpha value is -6.37. The molecule has 0 aromatic heterocycles. The van der Waals surface area contributed by atoms with E-state index in [-0.39, 0.29) is 51.4 Å². The molecule has 2 fully saturated rings. The Labute approximate surface area is 356 Å². The molecule has 3 aliphatic heterocycles. The molecule has 3 aliphatic rings. The summed E-state index contributed by atoms with van der Waals surface area (Å²) in [6.45, 7) is -1.39. The minimum Gasteiger partial charge on any atom is -0.571 e. The number of esters is 2. The van der Waals surface area contributed by atoms with Crippen molar-refractivity contribution in [2.45, 2.75) is 73.9 Å². The summed E-state index contributed by atoms with van der Waals surface area (Å²) in [4.78, 5) is 35.3. The summed E-state index contributed by atoms with van der Waals surface area (Å²) in [5, 5.41) is 105. The van der Waals surface area contributed by atoms with Crippen LogP contribution < -0.4 is 14.2 Å². The summed E-state index contributed by atoms with van der Waals surface area (Å²) in [6.07, 6.45) is -16.5. The fraction of sp³-hybridized carbons (Fsp3) is 0.390. The lowest BCUT2D eigenvalue weighted by atomic mass is 9.98. The number of phenols is 3. The van der Waals surface area contributed by atoms with Gasteiger partial charge in [0.1, 0.15) is 91.3 Å². The molecule has 2 saturated heterocycles. The molecule has 0 amide bonds. The summed E-state index contributed by atoms with van der Waals surface area (Å²) in [5.74, 6) is -4.92. The maximum absolute atomic E-state index is 12.6. The Morgan fingerprint density at radius 1 is 0.698 bits per heavy atom. The van der Waals surface area contributed by atoms with Crippen LogP contribution in [0.25, 0.3) is 12.2 Å². The van der Waals surface area contributed by atoms with Crippen LogP contribution in [0.5, 0.6) is 40.2 Å². The quantitative estimate of drug-likeness (QED) is 0.0396. The number of benzene rings is 3. The molecule has 22 heteroatoms. The van der Waals surface area contributed by atoms with Gasteiger partial charge < -0.3 is 93.7 Å². The molecule has 63 heavy (non-hydrogen) atoms. The zero-order valence-corrected chi connectivity index (χ0v) is 33.2. The fourth-order valence-electron chi connectivity index (χ4n) is 6.65. The smallest absolute Gasteiger partial charge is 0.330 e. The van der Waals surface area contributed by atoms with E-state index in [9.17, 15) is 60.3 Å². The molecule has 3 heterocycles. The number of carbonyl (C=O) groups excluding carboxylic acids is 2. The first-order valence-electron chi connectivity index (χ1n) is 19.0. The van der Waals surface area contributed by atoms with Crippen molar-refractivity contribution in [3.8, 4) is 40.2 Å². The van der Waals surface area contributed by atoms with E-state index in [2.05, 4.69) is 0 Å². The Bertz CT molecular complexity index is 2160. The van der Waals surface area contributed by atoms with Crippen LogP contribution in [0, 0.1) is 0 Å². The molecular weight excluding hydrogens is 844 g/mol. The van der Waals surface area contributed by atoms with Gasteiger partial charge in [-0.3, -0.25) is 9.59 Å². The van der Waals surface area contributed by atoms with E-state index in [1.807, 2.05) is 0 Å². The van der Waals surface area contributed by atoms with E-state index < -0.39 is 111 Å². The highest BCUT2D eigenvalue weighted by molar-refractivity contribution is 5.90. The number of carboxylic acids is 1. The second-order valence-electron chi connectivity index (χ2n) is 14.3. The topological polar surface area (TPSA) is 340 Å². The number of aliphatic hydroxyl groups excluding tert-OH is 6. The molecule has 6 rings (SSSR count). The molecule has 11 atom stereocenters. The number of rotatable bonds is 15. The average Bonchev–Trinajstić information content (AvgIpc) is 3.25. The summed E-state index contributed by atoms with van der Waals surface area (Å²) in [7, 11) is 2.55. The normalized spacial score (nSPS) is 27.9. The highest BCUT2D eigenvalue weighted by atomic mass is 16.7. The number of phenolic OH excluding ortho intramolecular Hbond substituents is 3. The van der Waals surface area contributed by atoms with E-state index >= 15 is 0 Å². The molecule has 0 saturated carbocycles. The van der Waals surface area contributed by atoms with Gasteiger partial charge in [0.15, 0.2) is 17.3 Å². The van der Waals surface area contributed by atoms with Gasteiger partial charge in [0.25, 0.3) is 11.9 Å². The van der Waals surface area contributed by atoms with Crippen LogP contribution in [0.2, 0.25) is 0 Å². The Morgan fingerprint density at radius 2 is 1.27 bits per heavy atom. The maximum Gasteiger partial charge on any atom is 0.330 e. The van der Waals surface area contributed by atoms with Gasteiger partial charge in [-0.15, -0.1) is 0 Å². The van der Waals surface area contributed by atoms with Crippen molar-refractivity contribution in [3.63, 3.8) is 0 Å². The van der Waals surface area contributed by atoms with E-state index in [4.69, 9.17) is 47.7 Å². The monoisotopic (exact) mass is 889 g/mol. The van der Waals surface area contributed by atoms with Crippen LogP contribution in [0.4, 0.5) is 0 Å². The van der Waals surface area contributed by atoms with Gasteiger partial charge in [0.05, 0.1) is 25.8 Å². The molecule has 11 unspecified atom stereocenters. The Balaban J connectivity index is 1.31. The number of aromatic hydroxyl groups is 4. The predicted octanol–water partition coefficient (Wildman–Crippen LogP) is -0.557. The van der Waals surface area contributed by atoms with E-state index in [0.717, 1.165) is 12.1 Å². The third kappa shape index (κ3) is 10.6. The number of fused-ring (bicyclic) bond motifs is 1. The predicted molar refractivity (Wildman–Crippen MR) is 208 cm³/mol. The highest BCUT2D eigenvalue weighted by Crippen LogP contribution is 2.49. The lowest BCUT2D eigenvalue weighted by Gasteiger charge is -2.41. The SMILES string of the molecule is COc1cc(C2[OH+]c3cc(O)cc(OC4OC(COC(=O)CC(=O)O)C(O)C(O)C4O)c3C=C2OC2OC(COC(=O)C=Cc3ccc(O)cc3)C(O)C(O)C2O)cc(OC)c1O. The lowest BCUT2D eigenvalue weighted by Crippen LogP contribution is -2.60. The molecule has 0 spiro atoms. The maximum atomic E-state index is 12.6. The number of carboxylic acid groups (broad SMARTS) is 1. The molecule has 3 aromatic rings. The first kappa shape index (κ1) is 46.1. The summed E-state index contributed by atoms with van der Waals surface area (Å²) >= 11 is 0. The van der Waals surface area contributed by atoms with Crippen molar-refractivity contribution in [2.75, 3.05) is 27.4 Å². The van der Waals surface area contributed by atoms with Crippen LogP contribution in [-0.4, -0.2) is 163 Å². The van der Waals surface area contributed by atoms with Gasteiger partial charge in [0, 0.05) is 18.2 Å². The number of hydrogen-bond donors (Lipinski definition) is 10. The van der Waals surface area contributed by atoms with Gasteiger partial charge in [0.2, 0.25) is 18.3 Å². The van der Waals surface area contributed by atoms with Crippen LogP contribution in [0.3, 0.4) is 0 Å². The minimum absolute atomic E-state index is 0.00380. The number of ether oxygens (including phenoxy) is 9. The fourth-order valence-corrected chi connectivity index (χ4v) is 6.65. The second kappa shape index (κ2) is 19.8. The van der Waals surface area contributed by atoms with Crippen molar-refractivity contribution in [3.05, 3.63) is 77.1 Å². The van der Waals surface area contributed by atoms with E-state index in [0.29, 0.717) is 5.56 Å². The van der Waals surface area contributed by atoms with Crippen molar-refractivity contribution in [1.29, 1.82) is 0 Å². The van der Waals surface area contributed by atoms with Crippen LogP contribution in [0.1, 0.15) is 29.2 Å². The molecule has 22 nitrogen and oxygen atoms in total. The summed E-state index contributed by atoms with van der Waals surface area (Å²) in [5.41, 5.74) is 0.791. The highest BCUT2D eigenvalue weighted by Gasteiger charge is 2.49. The zero-order chi connectivity index (χ0) is 45.7. The van der Waals surface area contributed by atoms with Crippen molar-refractivity contribution in [1.82, 2.24) is 0 Å². The molecule has 0 radical (unpaired) electrons. The molecule has 0 aliphatic carbocycles. The number of hydrogen-bond acceptors (Lipinski definition) is 20. The minimum atomic E-state index is -1.96. The van der Waals surface area contributed by atoms with E-state index in [1.54, 1.807) is 12.1 Å². The standard InChI is InChI=1S/C41H44O22/c1-55-24-9-18(10-25(56-2)32(24)48)39-26(61-41-38(54)36(52)33(49)27(63-41)15-57-30(46)8-5-17-3-6-19(42)7-4-17)13-21-22(59-39)11-20(43)12-23(21)60-40-37(53)35(51)34(50)28(62-40)16-58-31(47)14-29(44)45/h3-13,27-28,33-43,48-54H,14-16H2,1-2H3,(H,44,45)/p+1. The summed E-state index contributed by atoms with van der Waals surface area (Å²) in [6, 6.07) is 10.9. The van der Waals surface area contributed by atoms with E-state index in [1.165, 1.54) is 56.7 Å². The van der Waals surface area contributed by atoms with Gasteiger partial charge in [-0.2, -0.15) is 0 Å². The van der Waals surface area contributed by atoms with Crippen molar-refractivity contribution in [2.24, 2.45) is 0 Å². The summed E-state index contributed by atoms with van der Waals surface area (Å²) < 4.78 is 49.0. The molecule has 3 aromatic carbocycles. The molecule has 0 bridgehead atoms. The molecule has 11 N–H and O–H groups in total. The third-order valence-corrected chi connectivity index (χ3v) is 9.98. The lowest BCUT2D eigenvalue weighted by molar-refractivity contribution is -0.296. The van der Waals surface area contributed by atoms with Gasteiger partial charge in [-0.25, -0.2) is 4.79 Å². The van der Waals surface area contributed by atoms with Gasteiger partial charge in [-0.1, -0.05) is 12.1 Å². The number of aliphatic carboxylic acids is 1. The van der Waals surface area contributed by atoms with Crippen LogP contribution in [-0.2, 0) is 38.1 Å². The van der Waals surface area contributed by atoms with Crippen molar-refractivity contribution >= 4 is 30.1 Å². The number of carbonyl (C=O) groups is 3. The molecule has 340 valence electrons. The average molecular weight is 890 g/mol. The van der Waals surface area contributed by atoms with Crippen molar-refractivity contribution < 1.29 is 108 Å². The van der Waals surface area contributed by atoms with Crippen LogP contribution in [0.15, 0.2) is 60.4 Å². The number of aliphatic hydroxyl groups is 7. The zero-order valence-electron chi connectivity index (χ0n) is 33.2. The van der Waals surface area contributed by atoms with Crippen LogP contribution >= 0.6 is 0 Å². The molecular formula is C41H45O22+. The first-order chi connectivity index (χ1) is 30.0. The van der Waals surface area contributed by atoms with Gasteiger partial charge in [-0.05, 0) is 35.9 Å². The third-order valence-electron chi connectivity index (χ3n) is 9.98. The number of methoxy groups -OCH3 is 2. The second-order valence-corrected chi connectivity index (χ2v) is 14.3. The Morgan fingerprint density at radius 3 is 1.84 bits per heavy atom. The Kier molecular flexibility index (Phi) is 14.5. The first-order valence-corrected chi connectivity index (χ1v) is 19.0. The van der Waals surface area contributed by atoms with Gasteiger partial charge >= 0.3 is 17.9 Å².